The minimum Gasteiger partial charge on any atom is -0.457 e. The van der Waals surface area contributed by atoms with Crippen molar-refractivity contribution in [1.29, 1.82) is 31.6 Å². The van der Waals surface area contributed by atoms with E-state index in [9.17, 15) is 41.6 Å². The number of hydrogen-bond acceptors (Lipinski definition) is 20. The van der Waals surface area contributed by atoms with Crippen molar-refractivity contribution in [3.05, 3.63) is 312 Å². The summed E-state index contributed by atoms with van der Waals surface area (Å²) in [7, 11) is -1.71. The molecular formula is C106H104B6N6O14. The summed E-state index contributed by atoms with van der Waals surface area (Å²) < 4.78 is 69.2. The molecule has 26 heteroatoms. The number of hydrogen-bond donors (Lipinski definition) is 2. The maximum Gasteiger partial charge on any atom is 0.491 e. The largest absolute Gasteiger partial charge is 0.491 e. The number of benzene rings is 12. The van der Waals surface area contributed by atoms with E-state index in [0.29, 0.717) is 119 Å². The Hall–Kier alpha value is -13.6. The van der Waals surface area contributed by atoms with Crippen molar-refractivity contribution in [2.24, 2.45) is 0 Å². The molecule has 18 rings (SSSR count). The average molecular weight is 1750 g/mol. The van der Waals surface area contributed by atoms with E-state index < -0.39 is 14.2 Å². The van der Waals surface area contributed by atoms with Crippen molar-refractivity contribution >= 4 is 74.7 Å². The van der Waals surface area contributed by atoms with Gasteiger partial charge in [0.1, 0.15) is 87.2 Å². The molecule has 0 aromatic heterocycles. The summed E-state index contributed by atoms with van der Waals surface area (Å²) in [6, 6.07) is 59.5. The monoisotopic (exact) mass is 1750 g/mol. The van der Waals surface area contributed by atoms with Crippen LogP contribution in [0.4, 0.5) is 0 Å². The van der Waals surface area contributed by atoms with Crippen LogP contribution in [0.3, 0.4) is 0 Å². The lowest BCUT2D eigenvalue weighted by Gasteiger charge is -2.14. The van der Waals surface area contributed by atoms with Crippen molar-refractivity contribution in [3.8, 4) is 105 Å². The molecule has 12 aromatic rings. The summed E-state index contributed by atoms with van der Waals surface area (Å²) in [6.45, 7) is 48.0. The molecule has 6 aliphatic heterocycles. The first-order valence-electron chi connectivity index (χ1n) is 44.0. The first-order chi connectivity index (χ1) is 63.0. The number of ether oxygens (including phenoxy) is 6. The van der Waals surface area contributed by atoms with E-state index in [-0.39, 0.29) is 27.7 Å². The van der Waals surface area contributed by atoms with E-state index >= 15 is 0 Å². The molecule has 0 saturated heterocycles. The lowest BCUT2D eigenvalue weighted by Crippen LogP contribution is -2.28. The molecule has 0 radical (unpaired) electrons. The van der Waals surface area contributed by atoms with Crippen LogP contribution in [0.1, 0.15) is 167 Å². The van der Waals surface area contributed by atoms with Gasteiger partial charge >= 0.3 is 41.9 Å². The van der Waals surface area contributed by atoms with Crippen molar-refractivity contribution in [3.63, 3.8) is 0 Å². The number of rotatable bonds is 12. The van der Waals surface area contributed by atoms with Gasteiger partial charge in [0.15, 0.2) is 0 Å². The standard InChI is InChI=1S/4C18H18BNO2.2C17H16BNO3/c1-11-5-14(9-20)18(7-12(11)2)22-17-8-15-10-21-19(4)16(15)6-13(17)3;1-11-5-14(9-20)17(7-12(11)2)22-16-6-13(3)18-15(8-16)10-21-19(18)4;1-11-5-16(7-14(9-20)13(11)3)22-18-8-15-10-21-19(4)17(15)6-12(18)2;1-11-5-16(7-14(9-20)13(11)3)22-17-6-12(2)18-15(8-17)10-21-19(18)4;1-10-6-14(7-13(8-19)11(10)2)22-17-5-4-16-15(12(17)3)9-21-18(16)20;1-10-6-13(8-19)17(7-11(10)2)22-16-5-4-15-14(12(16)3)9-21-18(15)20/h4*5-8H,10H2,1-4H3;2*4-7,20H,9H2,1-3H3. The summed E-state index contributed by atoms with van der Waals surface area (Å²) in [6.07, 6.45) is 0. The van der Waals surface area contributed by atoms with Crippen LogP contribution >= 0.6 is 0 Å². The van der Waals surface area contributed by atoms with E-state index in [1.54, 1.807) is 18.2 Å². The third-order valence-electron chi connectivity index (χ3n) is 25.7. The minimum absolute atomic E-state index is 0.138. The molecule has 0 spiro atoms. The highest BCUT2D eigenvalue weighted by molar-refractivity contribution is 6.69. The Balaban J connectivity index is 0.000000135. The van der Waals surface area contributed by atoms with Crippen molar-refractivity contribution in [1.82, 2.24) is 0 Å². The fraction of sp³-hybridized carbons (Fsp3) is 0.264. The molecule has 20 nitrogen and oxygen atoms in total. The Kier molecular flexibility index (Phi) is 30.0. The molecule has 0 fully saturated rings. The van der Waals surface area contributed by atoms with Crippen LogP contribution in [-0.4, -0.2) is 51.9 Å². The molecule has 132 heavy (non-hydrogen) atoms. The Morgan fingerprint density at radius 2 is 0.523 bits per heavy atom. The fourth-order valence-electron chi connectivity index (χ4n) is 16.9. The van der Waals surface area contributed by atoms with E-state index in [4.69, 9.17) is 56.3 Å². The highest BCUT2D eigenvalue weighted by Gasteiger charge is 2.34. The van der Waals surface area contributed by atoms with Crippen LogP contribution in [0, 0.1) is 193 Å². The van der Waals surface area contributed by atoms with Gasteiger partial charge in [-0.25, -0.2) is 0 Å². The second kappa shape index (κ2) is 41.3. The molecule has 12 aromatic carbocycles. The molecule has 0 saturated carbocycles. The Morgan fingerprint density at radius 1 is 0.235 bits per heavy atom. The van der Waals surface area contributed by atoms with Crippen molar-refractivity contribution in [2.75, 3.05) is 0 Å². The second-order valence-corrected chi connectivity index (χ2v) is 34.7. The second-order valence-electron chi connectivity index (χ2n) is 34.7. The van der Waals surface area contributed by atoms with Crippen LogP contribution in [-0.2, 0) is 67.6 Å². The fourth-order valence-corrected chi connectivity index (χ4v) is 16.9. The Bertz CT molecular complexity index is 6710. The van der Waals surface area contributed by atoms with E-state index in [2.05, 4.69) is 95.8 Å². The van der Waals surface area contributed by atoms with Gasteiger partial charge in [0.05, 0.1) is 91.2 Å². The molecule has 6 aliphatic rings. The summed E-state index contributed by atoms with van der Waals surface area (Å²) in [5.41, 5.74) is 35.8. The molecular weight excluding hydrogens is 1650 g/mol. The Morgan fingerprint density at radius 3 is 0.902 bits per heavy atom. The molecule has 6 heterocycles. The normalized spacial score (nSPS) is 13.0. The van der Waals surface area contributed by atoms with Gasteiger partial charge in [0.2, 0.25) is 0 Å². The third-order valence-corrected chi connectivity index (χ3v) is 25.7. The summed E-state index contributed by atoms with van der Waals surface area (Å²) in [4.78, 5) is 0. The Labute approximate surface area is 777 Å². The van der Waals surface area contributed by atoms with Gasteiger partial charge in [0.25, 0.3) is 0 Å². The van der Waals surface area contributed by atoms with Crippen LogP contribution < -0.4 is 61.2 Å². The lowest BCUT2D eigenvalue weighted by molar-refractivity contribution is 0.274. The topological polar surface area (TPSA) is 294 Å². The zero-order valence-corrected chi connectivity index (χ0v) is 79.0. The van der Waals surface area contributed by atoms with Crippen LogP contribution in [0.25, 0.3) is 0 Å². The molecule has 2 N–H and O–H groups in total. The molecule has 0 bridgehead atoms. The van der Waals surface area contributed by atoms with Crippen LogP contribution in [0.5, 0.6) is 69.0 Å². The van der Waals surface area contributed by atoms with Gasteiger partial charge in [0, 0.05) is 0 Å². The zero-order chi connectivity index (χ0) is 95.1. The number of aryl methyl sites for hydroxylation is 13. The van der Waals surface area contributed by atoms with Gasteiger partial charge in [-0.1, -0.05) is 51.6 Å². The lowest BCUT2D eigenvalue weighted by atomic mass is 9.62. The van der Waals surface area contributed by atoms with Gasteiger partial charge in [-0.15, -0.1) is 0 Å². The number of fused-ring (bicyclic) bond motifs is 6. The van der Waals surface area contributed by atoms with Crippen molar-refractivity contribution in [2.45, 2.75) is 192 Å². The maximum absolute atomic E-state index is 9.73. The average Bonchev–Trinajstić information content (AvgIpc) is 1.66. The predicted molar refractivity (Wildman–Crippen MR) is 520 cm³/mol. The third kappa shape index (κ3) is 21.2. The summed E-state index contributed by atoms with van der Waals surface area (Å²) >= 11 is 0. The van der Waals surface area contributed by atoms with Crippen molar-refractivity contribution < 1.29 is 66.4 Å². The van der Waals surface area contributed by atoms with Gasteiger partial charge < -0.3 is 66.4 Å². The highest BCUT2D eigenvalue weighted by Crippen LogP contribution is 2.39. The molecule has 0 aliphatic carbocycles. The van der Waals surface area contributed by atoms with E-state index in [1.807, 2.05) is 220 Å². The van der Waals surface area contributed by atoms with Crippen LogP contribution in [0.2, 0.25) is 27.3 Å². The van der Waals surface area contributed by atoms with Gasteiger partial charge in [-0.2, -0.15) is 31.6 Å². The molecule has 0 unspecified atom stereocenters. The predicted octanol–water partition coefficient (Wildman–Crippen LogP) is 19.5. The number of nitrogens with zero attached hydrogens (tertiary/aromatic N) is 6. The first-order valence-corrected chi connectivity index (χ1v) is 44.0. The zero-order valence-electron chi connectivity index (χ0n) is 79.0. The first kappa shape index (κ1) is 96.0. The quantitative estimate of drug-likeness (QED) is 0.107. The molecule has 660 valence electrons. The minimum atomic E-state index is -0.862. The molecule has 0 amide bonds. The molecule has 0 atom stereocenters. The van der Waals surface area contributed by atoms with E-state index in [1.165, 1.54) is 49.7 Å². The smallest absolute Gasteiger partial charge is 0.457 e. The number of nitriles is 6. The summed E-state index contributed by atoms with van der Waals surface area (Å²) in [5.74, 6) is 8.36. The van der Waals surface area contributed by atoms with Gasteiger partial charge in [-0.3, -0.25) is 0 Å². The van der Waals surface area contributed by atoms with Crippen LogP contribution in [0.15, 0.2) is 146 Å². The van der Waals surface area contributed by atoms with E-state index in [0.717, 1.165) is 140 Å². The highest BCUT2D eigenvalue weighted by atomic mass is 16.5. The maximum atomic E-state index is 9.73. The SMILES string of the molecule is CB1OCc2cc(Oc3cc(C)c(C)c(C#N)c3)c(C)cc21.CB1OCc2cc(Oc3cc(C)c(C)c(C#N)c3)cc(C)c21.CB1OCc2cc(Oc3cc(C)c(C)cc3C#N)c(C)cc21.CB1OCc2cc(Oc3cc(C)c(C)cc3C#N)cc(C)c21.Cc1cc(C#N)c(Oc2ccc3c(c2C)COB3O)cc1C.Cc1cc(Oc2ccc3c(c2C)COB3O)cc(C#N)c1C. The summed E-state index contributed by atoms with van der Waals surface area (Å²) in [5, 5.41) is 75.0. The van der Waals surface area contributed by atoms with Gasteiger partial charge in [-0.05, 0) is 412 Å².